The summed E-state index contributed by atoms with van der Waals surface area (Å²) in [6.45, 7) is 1.27. The number of rotatable bonds is 14. The summed E-state index contributed by atoms with van der Waals surface area (Å²) in [6.07, 6.45) is -0.217. The summed E-state index contributed by atoms with van der Waals surface area (Å²) in [4.78, 5) is 61.4. The maximum absolute atomic E-state index is 13.2. The van der Waals surface area contributed by atoms with Crippen molar-refractivity contribution in [3.63, 3.8) is 0 Å². The predicted octanol–water partition coefficient (Wildman–Crippen LogP) is -0.671. The Morgan fingerprint density at radius 3 is 1.92 bits per heavy atom. The standard InChI is InChI=1S/C26H33N5O7/c1-15(26(37)38)29-25(36)21(14-17-7-9-18(32)10-8-17)31-24(35)20(11-12-22(28)33)30-23(34)19(27)13-16-5-3-2-4-6-16/h2-10,15,19-21,32H,11-14,27H2,1H3,(H2,28,33)(H,29,36)(H,30,34)(H,31,35)(H,37,38). The third-order valence-electron chi connectivity index (χ3n) is 5.69. The van der Waals surface area contributed by atoms with E-state index in [0.717, 1.165) is 5.56 Å². The van der Waals surface area contributed by atoms with Crippen LogP contribution in [-0.4, -0.2) is 64.0 Å². The largest absolute Gasteiger partial charge is 0.508 e. The van der Waals surface area contributed by atoms with E-state index in [1.165, 1.54) is 31.2 Å². The Bertz CT molecular complexity index is 1120. The van der Waals surface area contributed by atoms with Crippen LogP contribution >= 0.6 is 0 Å². The third kappa shape index (κ3) is 9.90. The van der Waals surface area contributed by atoms with Gasteiger partial charge < -0.3 is 37.6 Å². The summed E-state index contributed by atoms with van der Waals surface area (Å²) < 4.78 is 0. The molecule has 0 spiro atoms. The van der Waals surface area contributed by atoms with Gasteiger partial charge in [-0.1, -0.05) is 42.5 Å². The van der Waals surface area contributed by atoms with E-state index < -0.39 is 53.8 Å². The first kappa shape index (κ1) is 29.8. The number of carboxylic acid groups (broad SMARTS) is 1. The van der Waals surface area contributed by atoms with Gasteiger partial charge >= 0.3 is 5.97 Å². The van der Waals surface area contributed by atoms with E-state index >= 15 is 0 Å². The minimum Gasteiger partial charge on any atom is -0.508 e. The van der Waals surface area contributed by atoms with E-state index in [9.17, 15) is 29.1 Å². The van der Waals surface area contributed by atoms with Crippen molar-refractivity contribution in [2.45, 2.75) is 56.8 Å². The number of benzene rings is 2. The number of nitrogens with one attached hydrogen (secondary N) is 3. The minimum absolute atomic E-state index is 0.000596. The van der Waals surface area contributed by atoms with Gasteiger partial charge in [0.05, 0.1) is 6.04 Å². The van der Waals surface area contributed by atoms with Gasteiger partial charge in [0, 0.05) is 12.8 Å². The molecule has 0 aliphatic rings. The molecule has 0 fully saturated rings. The van der Waals surface area contributed by atoms with Crippen molar-refractivity contribution >= 4 is 29.6 Å². The number of phenolic OH excluding ortho intramolecular Hbond substituents is 1. The lowest BCUT2D eigenvalue weighted by molar-refractivity contribution is -0.141. The summed E-state index contributed by atoms with van der Waals surface area (Å²) in [7, 11) is 0. The van der Waals surface area contributed by atoms with Gasteiger partial charge in [-0.15, -0.1) is 0 Å². The molecular weight excluding hydrogens is 494 g/mol. The van der Waals surface area contributed by atoms with E-state index in [1.54, 1.807) is 24.3 Å². The van der Waals surface area contributed by atoms with Crippen LogP contribution in [-0.2, 0) is 36.8 Å². The highest BCUT2D eigenvalue weighted by molar-refractivity contribution is 5.94. The molecule has 2 aromatic carbocycles. The van der Waals surface area contributed by atoms with Gasteiger partial charge in [-0.25, -0.2) is 0 Å². The number of carbonyl (C=O) groups is 5. The molecule has 204 valence electrons. The lowest BCUT2D eigenvalue weighted by atomic mass is 10.0. The molecule has 12 nitrogen and oxygen atoms in total. The number of phenols is 1. The highest BCUT2D eigenvalue weighted by Gasteiger charge is 2.30. The number of carboxylic acids is 1. The lowest BCUT2D eigenvalue weighted by Crippen LogP contribution is -2.57. The van der Waals surface area contributed by atoms with Crippen LogP contribution in [0, 0.1) is 0 Å². The molecule has 4 amide bonds. The van der Waals surface area contributed by atoms with Crippen LogP contribution < -0.4 is 27.4 Å². The maximum Gasteiger partial charge on any atom is 0.325 e. The first-order valence-corrected chi connectivity index (χ1v) is 12.0. The van der Waals surface area contributed by atoms with Crippen molar-refractivity contribution in [3.8, 4) is 5.75 Å². The van der Waals surface area contributed by atoms with Crippen LogP contribution in [0.2, 0.25) is 0 Å². The minimum atomic E-state index is -1.27. The summed E-state index contributed by atoms with van der Waals surface area (Å²) in [5.41, 5.74) is 12.6. The quantitative estimate of drug-likeness (QED) is 0.167. The number of primary amides is 1. The Balaban J connectivity index is 2.19. The predicted molar refractivity (Wildman–Crippen MR) is 137 cm³/mol. The Kier molecular flexibility index (Phi) is 11.2. The molecule has 0 aliphatic heterocycles. The Morgan fingerprint density at radius 2 is 1.34 bits per heavy atom. The van der Waals surface area contributed by atoms with Crippen molar-refractivity contribution in [1.29, 1.82) is 0 Å². The molecule has 12 heteroatoms. The van der Waals surface area contributed by atoms with E-state index in [1.807, 2.05) is 6.07 Å². The Morgan fingerprint density at radius 1 is 0.789 bits per heavy atom. The second-order valence-electron chi connectivity index (χ2n) is 8.86. The van der Waals surface area contributed by atoms with Crippen molar-refractivity contribution in [3.05, 3.63) is 65.7 Å². The molecule has 2 aromatic rings. The van der Waals surface area contributed by atoms with Gasteiger partial charge in [0.25, 0.3) is 0 Å². The van der Waals surface area contributed by atoms with Crippen molar-refractivity contribution in [1.82, 2.24) is 16.0 Å². The van der Waals surface area contributed by atoms with Crippen molar-refractivity contribution < 1.29 is 34.2 Å². The van der Waals surface area contributed by atoms with Crippen molar-refractivity contribution in [2.24, 2.45) is 11.5 Å². The van der Waals surface area contributed by atoms with E-state index in [2.05, 4.69) is 16.0 Å². The molecule has 0 radical (unpaired) electrons. The summed E-state index contributed by atoms with van der Waals surface area (Å²) in [5, 5.41) is 26.0. The third-order valence-corrected chi connectivity index (χ3v) is 5.69. The van der Waals surface area contributed by atoms with Gasteiger partial charge in [0.1, 0.15) is 23.9 Å². The van der Waals surface area contributed by atoms with Gasteiger partial charge in [-0.05, 0) is 43.0 Å². The smallest absolute Gasteiger partial charge is 0.325 e. The fourth-order valence-electron chi connectivity index (χ4n) is 3.52. The van der Waals surface area contributed by atoms with E-state index in [4.69, 9.17) is 16.6 Å². The van der Waals surface area contributed by atoms with Gasteiger partial charge in [0.15, 0.2) is 0 Å². The average Bonchev–Trinajstić information content (AvgIpc) is 2.87. The van der Waals surface area contributed by atoms with Crippen LogP contribution in [0.15, 0.2) is 54.6 Å². The molecule has 4 unspecified atom stereocenters. The van der Waals surface area contributed by atoms with Gasteiger partial charge in [-0.2, -0.15) is 0 Å². The van der Waals surface area contributed by atoms with Crippen LogP contribution in [0.3, 0.4) is 0 Å². The molecule has 0 heterocycles. The maximum atomic E-state index is 13.2. The first-order chi connectivity index (χ1) is 18.0. The second-order valence-corrected chi connectivity index (χ2v) is 8.86. The topological polar surface area (TPSA) is 214 Å². The van der Waals surface area contributed by atoms with Gasteiger partial charge in [0.2, 0.25) is 23.6 Å². The zero-order valence-electron chi connectivity index (χ0n) is 20.9. The molecule has 0 saturated heterocycles. The zero-order chi connectivity index (χ0) is 28.2. The number of hydrogen-bond donors (Lipinski definition) is 7. The highest BCUT2D eigenvalue weighted by atomic mass is 16.4. The molecule has 4 atom stereocenters. The van der Waals surface area contributed by atoms with Gasteiger partial charge in [-0.3, -0.25) is 24.0 Å². The van der Waals surface area contributed by atoms with Crippen LogP contribution in [0.25, 0.3) is 0 Å². The summed E-state index contributed by atoms with van der Waals surface area (Å²) in [6, 6.07) is 10.2. The fourth-order valence-corrected chi connectivity index (χ4v) is 3.52. The van der Waals surface area contributed by atoms with E-state index in [0.29, 0.717) is 5.56 Å². The van der Waals surface area contributed by atoms with Crippen LogP contribution in [0.5, 0.6) is 5.75 Å². The SMILES string of the molecule is CC(NC(=O)C(Cc1ccc(O)cc1)NC(=O)C(CCC(N)=O)NC(=O)C(N)Cc1ccccc1)C(=O)O. The Labute approximate surface area is 219 Å². The second kappa shape index (κ2) is 14.3. The summed E-state index contributed by atoms with van der Waals surface area (Å²) in [5.74, 6) is -4.17. The number of aromatic hydroxyl groups is 1. The lowest BCUT2D eigenvalue weighted by Gasteiger charge is -2.25. The average molecular weight is 528 g/mol. The molecule has 0 aliphatic carbocycles. The zero-order valence-corrected chi connectivity index (χ0v) is 20.9. The number of hydrogen-bond acceptors (Lipinski definition) is 7. The van der Waals surface area contributed by atoms with Crippen LogP contribution in [0.4, 0.5) is 0 Å². The molecule has 2 rings (SSSR count). The molecular formula is C26H33N5O7. The Hall–Kier alpha value is -4.45. The monoisotopic (exact) mass is 527 g/mol. The van der Waals surface area contributed by atoms with Crippen LogP contribution in [0.1, 0.15) is 30.9 Å². The van der Waals surface area contributed by atoms with E-state index in [-0.39, 0.29) is 31.4 Å². The molecule has 0 saturated carbocycles. The number of carbonyl (C=O) groups excluding carboxylic acids is 4. The normalized spacial score (nSPS) is 13.8. The highest BCUT2D eigenvalue weighted by Crippen LogP contribution is 2.12. The fraction of sp³-hybridized carbons (Fsp3) is 0.346. The van der Waals surface area contributed by atoms with Crippen molar-refractivity contribution in [2.75, 3.05) is 0 Å². The molecule has 9 N–H and O–H groups in total. The molecule has 0 aromatic heterocycles. The summed E-state index contributed by atoms with van der Waals surface area (Å²) >= 11 is 0. The molecule has 38 heavy (non-hydrogen) atoms. The first-order valence-electron chi connectivity index (χ1n) is 12.0. The molecule has 0 bridgehead atoms. The number of amides is 4. The number of aliphatic carboxylic acids is 1. The number of nitrogens with two attached hydrogens (primary N) is 2.